The lowest BCUT2D eigenvalue weighted by Gasteiger charge is -2.31. The molecule has 0 unspecified atom stereocenters. The number of benzene rings is 7. The third-order valence-electron chi connectivity index (χ3n) is 16.8. The minimum atomic E-state index is -0.158. The summed E-state index contributed by atoms with van der Waals surface area (Å²) >= 11 is 0. The SMILES string of the molecule is CC(C)(C)c1cccc2c1-c1ccc(N(c3ccc4c(c3)C(C)(C)c3ccccc3-4)c3ccccc3-c3ccc4oc5c(C6CCCCC6)cc(C6CCCCC6)cc5c4c3)cc1C2(C)C. The van der Waals surface area contributed by atoms with Gasteiger partial charge in [0, 0.05) is 38.5 Å². The molecule has 0 amide bonds. The summed E-state index contributed by atoms with van der Waals surface area (Å²) in [5, 5.41) is 2.54. The van der Waals surface area contributed by atoms with Crippen LogP contribution in [0.2, 0.25) is 0 Å². The Morgan fingerprint density at radius 1 is 0.500 bits per heavy atom. The van der Waals surface area contributed by atoms with Gasteiger partial charge in [-0.3, -0.25) is 0 Å². The molecule has 332 valence electrons. The van der Waals surface area contributed by atoms with Crippen LogP contribution in [0.25, 0.3) is 55.3 Å². The summed E-state index contributed by atoms with van der Waals surface area (Å²) in [7, 11) is 0. The van der Waals surface area contributed by atoms with Gasteiger partial charge in [-0.15, -0.1) is 0 Å². The molecule has 2 saturated carbocycles. The Kier molecular flexibility index (Phi) is 9.66. The van der Waals surface area contributed by atoms with Crippen LogP contribution in [0.15, 0.2) is 138 Å². The Labute approximate surface area is 393 Å². The standard InChI is InChI=1S/C64H65NO/c1-62(2,3)54-26-18-27-55-60(54)49-33-31-45(39-57(49)64(55,6)7)65(44-30-32-48-47-24-14-16-25-53(47)63(4,5)56(48)38-44)58-28-17-15-23-46(58)42-29-34-59-51(35-42)52-37-43(40-19-10-8-11-20-40)36-50(61(52)66-59)41-21-12-9-13-22-41/h14-18,23-41H,8-13,19-22H2,1-7H3. The highest BCUT2D eigenvalue weighted by atomic mass is 16.3. The molecule has 2 fully saturated rings. The van der Waals surface area contributed by atoms with Crippen molar-refractivity contribution in [1.29, 1.82) is 0 Å². The van der Waals surface area contributed by atoms with Crippen molar-refractivity contribution >= 4 is 39.0 Å². The van der Waals surface area contributed by atoms with E-state index in [0.717, 1.165) is 11.2 Å². The van der Waals surface area contributed by atoms with Crippen molar-refractivity contribution in [2.75, 3.05) is 4.90 Å². The van der Waals surface area contributed by atoms with Gasteiger partial charge in [0.25, 0.3) is 0 Å². The van der Waals surface area contributed by atoms with Crippen molar-refractivity contribution in [3.8, 4) is 33.4 Å². The molecular formula is C64H65NO. The number of rotatable bonds is 6. The molecule has 0 radical (unpaired) electrons. The van der Waals surface area contributed by atoms with E-state index in [1.54, 1.807) is 5.56 Å². The Morgan fingerprint density at radius 3 is 1.83 bits per heavy atom. The van der Waals surface area contributed by atoms with E-state index >= 15 is 0 Å². The van der Waals surface area contributed by atoms with Gasteiger partial charge in [0.15, 0.2) is 0 Å². The summed E-state index contributed by atoms with van der Waals surface area (Å²) in [5.74, 6) is 1.22. The Balaban J connectivity index is 1.05. The largest absolute Gasteiger partial charge is 0.456 e. The zero-order valence-electron chi connectivity index (χ0n) is 40.3. The second kappa shape index (κ2) is 15.3. The van der Waals surface area contributed by atoms with Gasteiger partial charge >= 0.3 is 0 Å². The minimum absolute atomic E-state index is 0.0256. The number of para-hydroxylation sites is 1. The van der Waals surface area contributed by atoms with Crippen LogP contribution in [0.3, 0.4) is 0 Å². The molecule has 0 aliphatic heterocycles. The van der Waals surface area contributed by atoms with Crippen molar-refractivity contribution in [1.82, 2.24) is 0 Å². The molecule has 1 aromatic heterocycles. The third kappa shape index (κ3) is 6.48. The molecular weight excluding hydrogens is 799 g/mol. The van der Waals surface area contributed by atoms with Gasteiger partial charge in [-0.25, -0.2) is 0 Å². The lowest BCUT2D eigenvalue weighted by Crippen LogP contribution is -2.18. The van der Waals surface area contributed by atoms with E-state index in [2.05, 4.69) is 187 Å². The summed E-state index contributed by atoms with van der Waals surface area (Å²) in [6, 6.07) is 51.8. The smallest absolute Gasteiger partial charge is 0.138 e. The highest BCUT2D eigenvalue weighted by molar-refractivity contribution is 6.08. The fourth-order valence-corrected chi connectivity index (χ4v) is 13.2. The van der Waals surface area contributed by atoms with Gasteiger partial charge in [-0.1, -0.05) is 172 Å². The lowest BCUT2D eigenvalue weighted by atomic mass is 9.79. The predicted molar refractivity (Wildman–Crippen MR) is 279 cm³/mol. The second-order valence-electron chi connectivity index (χ2n) is 22.6. The molecule has 7 aromatic carbocycles. The predicted octanol–water partition coefficient (Wildman–Crippen LogP) is 18.7. The number of furan rings is 1. The first kappa shape index (κ1) is 41.6. The fourth-order valence-electron chi connectivity index (χ4n) is 13.2. The molecule has 12 rings (SSSR count). The Hall–Kier alpha value is -5.86. The van der Waals surface area contributed by atoms with E-state index < -0.39 is 0 Å². The Morgan fingerprint density at radius 2 is 1.11 bits per heavy atom. The third-order valence-corrected chi connectivity index (χ3v) is 16.8. The summed E-state index contributed by atoms with van der Waals surface area (Å²) in [5.41, 5.74) is 23.3. The van der Waals surface area contributed by atoms with Crippen molar-refractivity contribution in [3.05, 3.63) is 172 Å². The molecule has 2 nitrogen and oxygen atoms in total. The Bertz CT molecular complexity index is 3210. The van der Waals surface area contributed by atoms with E-state index in [1.165, 1.54) is 159 Å². The van der Waals surface area contributed by atoms with Crippen LogP contribution in [0.1, 0.15) is 163 Å². The van der Waals surface area contributed by atoms with Gasteiger partial charge in [0.05, 0.1) is 5.69 Å². The van der Waals surface area contributed by atoms with Crippen molar-refractivity contribution in [2.24, 2.45) is 0 Å². The number of hydrogen-bond acceptors (Lipinski definition) is 2. The molecule has 4 aliphatic carbocycles. The first-order valence-electron chi connectivity index (χ1n) is 25.3. The maximum Gasteiger partial charge on any atom is 0.138 e. The molecule has 1 heterocycles. The van der Waals surface area contributed by atoms with E-state index in [4.69, 9.17) is 4.42 Å². The maximum atomic E-state index is 6.98. The first-order chi connectivity index (χ1) is 31.9. The van der Waals surface area contributed by atoms with Crippen LogP contribution in [0.5, 0.6) is 0 Å². The average molecular weight is 864 g/mol. The van der Waals surface area contributed by atoms with Crippen LogP contribution in [0, 0.1) is 0 Å². The number of hydrogen-bond donors (Lipinski definition) is 0. The number of nitrogens with zero attached hydrogens (tertiary/aromatic N) is 1. The maximum absolute atomic E-state index is 6.98. The summed E-state index contributed by atoms with van der Waals surface area (Å²) < 4.78 is 6.98. The molecule has 66 heavy (non-hydrogen) atoms. The van der Waals surface area contributed by atoms with Crippen molar-refractivity contribution in [2.45, 2.75) is 141 Å². The van der Waals surface area contributed by atoms with Crippen LogP contribution in [-0.4, -0.2) is 0 Å². The summed E-state index contributed by atoms with van der Waals surface area (Å²) in [6.45, 7) is 16.7. The normalized spacial score (nSPS) is 17.7. The molecule has 4 aliphatic rings. The van der Waals surface area contributed by atoms with Gasteiger partial charge in [0.1, 0.15) is 11.2 Å². The summed E-state index contributed by atoms with van der Waals surface area (Å²) in [4.78, 5) is 2.55. The minimum Gasteiger partial charge on any atom is -0.456 e. The zero-order chi connectivity index (χ0) is 45.1. The van der Waals surface area contributed by atoms with Gasteiger partial charge in [-0.05, 0) is 158 Å². The van der Waals surface area contributed by atoms with Gasteiger partial charge < -0.3 is 9.32 Å². The molecule has 8 aromatic rings. The quantitative estimate of drug-likeness (QED) is 0.166. The van der Waals surface area contributed by atoms with Crippen molar-refractivity contribution in [3.63, 3.8) is 0 Å². The monoisotopic (exact) mass is 864 g/mol. The molecule has 0 saturated heterocycles. The van der Waals surface area contributed by atoms with E-state index in [1.807, 2.05) is 0 Å². The first-order valence-corrected chi connectivity index (χ1v) is 25.3. The number of anilines is 3. The molecule has 0 bridgehead atoms. The fraction of sp³-hybridized carbons (Fsp3) is 0.344. The molecule has 2 heteroatoms. The molecule has 0 N–H and O–H groups in total. The van der Waals surface area contributed by atoms with Crippen LogP contribution in [-0.2, 0) is 16.2 Å². The van der Waals surface area contributed by atoms with Crippen LogP contribution < -0.4 is 4.90 Å². The van der Waals surface area contributed by atoms with E-state index in [0.29, 0.717) is 11.8 Å². The van der Waals surface area contributed by atoms with Crippen molar-refractivity contribution < 1.29 is 4.42 Å². The number of fused-ring (bicyclic) bond motifs is 9. The molecule has 0 spiro atoms. The van der Waals surface area contributed by atoms with Crippen LogP contribution in [0.4, 0.5) is 17.1 Å². The van der Waals surface area contributed by atoms with E-state index in [9.17, 15) is 0 Å². The van der Waals surface area contributed by atoms with Gasteiger partial charge in [-0.2, -0.15) is 0 Å². The zero-order valence-corrected chi connectivity index (χ0v) is 40.3. The average Bonchev–Trinajstić information content (AvgIpc) is 3.90. The van der Waals surface area contributed by atoms with E-state index in [-0.39, 0.29) is 16.2 Å². The van der Waals surface area contributed by atoms with Gasteiger partial charge in [0.2, 0.25) is 0 Å². The summed E-state index contributed by atoms with van der Waals surface area (Å²) in [6.07, 6.45) is 13.2. The second-order valence-corrected chi connectivity index (χ2v) is 22.6. The topological polar surface area (TPSA) is 16.4 Å². The van der Waals surface area contributed by atoms with Crippen LogP contribution >= 0.6 is 0 Å². The highest BCUT2D eigenvalue weighted by Gasteiger charge is 2.40. The highest BCUT2D eigenvalue weighted by Crippen LogP contribution is 2.56. The molecule has 0 atom stereocenters. The lowest BCUT2D eigenvalue weighted by molar-refractivity contribution is 0.435.